The Morgan fingerprint density at radius 3 is 2.74 bits per heavy atom. The van der Waals surface area contributed by atoms with E-state index < -0.39 is 0 Å². The molecule has 0 aliphatic carbocycles. The first kappa shape index (κ1) is 15.0. The Kier molecular flexibility index (Phi) is 3.97. The number of aromatic nitrogens is 3. The fraction of sp³-hybridized carbons (Fsp3) is 0.176. The lowest BCUT2D eigenvalue weighted by Gasteiger charge is -2.08. The number of hydrogen-bond acceptors (Lipinski definition) is 4. The Labute approximate surface area is 131 Å². The largest absolute Gasteiger partial charge is 0.296 e. The van der Waals surface area contributed by atoms with Gasteiger partial charge in [-0.05, 0) is 36.2 Å². The number of carbonyl (C=O) groups is 1. The van der Waals surface area contributed by atoms with Gasteiger partial charge in [0.15, 0.2) is 11.5 Å². The summed E-state index contributed by atoms with van der Waals surface area (Å²) in [5.74, 6) is -0.523. The van der Waals surface area contributed by atoms with Gasteiger partial charge in [-0.2, -0.15) is 5.10 Å². The van der Waals surface area contributed by atoms with E-state index in [-0.39, 0.29) is 29.1 Å². The highest BCUT2D eigenvalue weighted by Crippen LogP contribution is 2.09. The van der Waals surface area contributed by atoms with E-state index >= 15 is 0 Å². The molecule has 0 fully saturated rings. The maximum absolute atomic E-state index is 12.9. The first-order valence-electron chi connectivity index (χ1n) is 7.20. The van der Waals surface area contributed by atoms with Crippen molar-refractivity contribution in [2.45, 2.75) is 12.8 Å². The number of carbonyl (C=O) groups excluding carboxylic acids is 1. The number of benzene rings is 1. The summed E-state index contributed by atoms with van der Waals surface area (Å²) in [4.78, 5) is 16.6. The molecule has 6 heteroatoms. The first-order chi connectivity index (χ1) is 11.1. The van der Waals surface area contributed by atoms with Gasteiger partial charge in [0.2, 0.25) is 0 Å². The van der Waals surface area contributed by atoms with Gasteiger partial charge in [-0.3, -0.25) is 19.9 Å². The van der Waals surface area contributed by atoms with Crippen molar-refractivity contribution in [3.63, 3.8) is 0 Å². The highest BCUT2D eigenvalue weighted by molar-refractivity contribution is 5.96. The van der Waals surface area contributed by atoms with Gasteiger partial charge in [-0.15, -0.1) is 0 Å². The van der Waals surface area contributed by atoms with Crippen molar-refractivity contribution >= 4 is 16.8 Å². The smallest absolute Gasteiger partial charge is 0.185 e. The summed E-state index contributed by atoms with van der Waals surface area (Å²) in [7, 11) is 1.72. The number of aryl methyl sites for hydroxylation is 2. The van der Waals surface area contributed by atoms with Gasteiger partial charge in [0.05, 0.1) is 5.52 Å². The molecule has 0 radical (unpaired) electrons. The summed E-state index contributed by atoms with van der Waals surface area (Å²) >= 11 is 0. The number of fused-ring (bicyclic) bond motifs is 1. The van der Waals surface area contributed by atoms with Crippen LogP contribution in [0.15, 0.2) is 42.6 Å². The third-order valence-electron chi connectivity index (χ3n) is 3.68. The average molecular weight is 310 g/mol. The molecule has 0 bridgehead atoms. The number of nitrogens with zero attached hydrogens (tertiary/aromatic N) is 3. The molecule has 0 aliphatic rings. The summed E-state index contributed by atoms with van der Waals surface area (Å²) < 4.78 is 14.4. The van der Waals surface area contributed by atoms with Gasteiger partial charge in [-0.25, -0.2) is 4.39 Å². The van der Waals surface area contributed by atoms with Crippen molar-refractivity contribution in [2.75, 3.05) is 0 Å². The fourth-order valence-corrected chi connectivity index (χ4v) is 2.44. The van der Waals surface area contributed by atoms with E-state index in [1.807, 2.05) is 0 Å². The third-order valence-corrected chi connectivity index (χ3v) is 3.68. The Bertz CT molecular complexity index is 931. The van der Waals surface area contributed by atoms with Gasteiger partial charge in [-0.1, -0.05) is 12.1 Å². The predicted molar refractivity (Wildman–Crippen MR) is 83.4 cm³/mol. The van der Waals surface area contributed by atoms with Gasteiger partial charge in [0.25, 0.3) is 0 Å². The molecule has 0 atom stereocenters. The normalized spacial score (nSPS) is 10.9. The standard InChI is InChI=1S/C17H15FN4O/c1-22-13-3-2-10-20-16(13)15(19)17(21-22)14(23)9-6-11-4-7-12(18)8-5-11/h2-5,7-8,10,19H,6,9H2,1H3. The van der Waals surface area contributed by atoms with Gasteiger partial charge in [0, 0.05) is 19.7 Å². The van der Waals surface area contributed by atoms with E-state index in [4.69, 9.17) is 5.41 Å². The highest BCUT2D eigenvalue weighted by atomic mass is 19.1. The quantitative estimate of drug-likeness (QED) is 0.752. The minimum atomic E-state index is -0.303. The van der Waals surface area contributed by atoms with E-state index in [1.54, 1.807) is 42.2 Å². The Morgan fingerprint density at radius 2 is 2.00 bits per heavy atom. The van der Waals surface area contributed by atoms with Crippen LogP contribution in [0.1, 0.15) is 22.5 Å². The summed E-state index contributed by atoms with van der Waals surface area (Å²) in [5.41, 5.74) is 2.14. The molecule has 0 aliphatic heterocycles. The van der Waals surface area contributed by atoms with Crippen molar-refractivity contribution < 1.29 is 9.18 Å². The fourth-order valence-electron chi connectivity index (χ4n) is 2.44. The predicted octanol–water partition coefficient (Wildman–Crippen LogP) is 2.40. The zero-order chi connectivity index (χ0) is 16.4. The van der Waals surface area contributed by atoms with Crippen molar-refractivity contribution in [3.8, 4) is 0 Å². The molecule has 0 spiro atoms. The molecule has 116 valence electrons. The maximum atomic E-state index is 12.9. The van der Waals surface area contributed by atoms with Crippen LogP contribution < -0.4 is 5.36 Å². The van der Waals surface area contributed by atoms with E-state index in [9.17, 15) is 9.18 Å². The second kappa shape index (κ2) is 6.08. The van der Waals surface area contributed by atoms with Crippen molar-refractivity contribution in [3.05, 3.63) is 65.0 Å². The van der Waals surface area contributed by atoms with Crippen molar-refractivity contribution in [1.82, 2.24) is 14.8 Å². The van der Waals surface area contributed by atoms with E-state index in [0.29, 0.717) is 17.5 Å². The molecule has 0 amide bonds. The van der Waals surface area contributed by atoms with Gasteiger partial charge >= 0.3 is 0 Å². The third kappa shape index (κ3) is 3.01. The lowest BCUT2D eigenvalue weighted by Crippen LogP contribution is -2.23. The van der Waals surface area contributed by atoms with Crippen LogP contribution in [0, 0.1) is 11.2 Å². The molecule has 0 saturated heterocycles. The van der Waals surface area contributed by atoms with Crippen LogP contribution in [-0.4, -0.2) is 20.5 Å². The summed E-state index contributed by atoms with van der Waals surface area (Å²) in [6, 6.07) is 9.61. The molecule has 5 nitrogen and oxygen atoms in total. The zero-order valence-electron chi connectivity index (χ0n) is 12.6. The molecule has 2 aromatic heterocycles. The number of nitrogens with one attached hydrogen (secondary N) is 1. The number of halogens is 1. The molecule has 3 aromatic rings. The minimum Gasteiger partial charge on any atom is -0.296 e. The average Bonchev–Trinajstić information content (AvgIpc) is 2.57. The molecule has 1 N–H and O–H groups in total. The molecule has 0 unspecified atom stereocenters. The second-order valence-corrected chi connectivity index (χ2v) is 5.27. The Hall–Kier alpha value is -2.89. The van der Waals surface area contributed by atoms with Crippen molar-refractivity contribution in [2.24, 2.45) is 7.05 Å². The van der Waals surface area contributed by atoms with Crippen LogP contribution in [0.3, 0.4) is 0 Å². The number of rotatable bonds is 4. The molecular weight excluding hydrogens is 295 g/mol. The van der Waals surface area contributed by atoms with Gasteiger partial charge < -0.3 is 0 Å². The SMILES string of the molecule is Cn1nc(C(=O)CCc2ccc(F)cc2)c(=N)c2ncccc21. The van der Waals surface area contributed by atoms with E-state index in [0.717, 1.165) is 5.56 Å². The number of pyridine rings is 1. The Morgan fingerprint density at radius 1 is 1.26 bits per heavy atom. The second-order valence-electron chi connectivity index (χ2n) is 5.27. The van der Waals surface area contributed by atoms with E-state index in [2.05, 4.69) is 10.1 Å². The number of Topliss-reactive ketones (excluding diaryl/α,β-unsaturated/α-hetero) is 1. The lowest BCUT2D eigenvalue weighted by molar-refractivity contribution is 0.0974. The minimum absolute atomic E-state index is 0.0443. The van der Waals surface area contributed by atoms with Crippen LogP contribution >= 0.6 is 0 Å². The van der Waals surface area contributed by atoms with Crippen LogP contribution in [0.5, 0.6) is 0 Å². The molecule has 3 rings (SSSR count). The molecule has 0 saturated carbocycles. The van der Waals surface area contributed by atoms with E-state index in [1.165, 1.54) is 12.1 Å². The molecule has 23 heavy (non-hydrogen) atoms. The molecular formula is C17H15FN4O. The highest BCUT2D eigenvalue weighted by Gasteiger charge is 2.14. The zero-order valence-corrected chi connectivity index (χ0v) is 12.6. The lowest BCUT2D eigenvalue weighted by atomic mass is 10.1. The maximum Gasteiger partial charge on any atom is 0.185 e. The van der Waals surface area contributed by atoms with Crippen LogP contribution in [0.2, 0.25) is 0 Å². The van der Waals surface area contributed by atoms with Gasteiger partial charge in [0.1, 0.15) is 16.7 Å². The Balaban J connectivity index is 1.88. The topological polar surface area (TPSA) is 71.6 Å². The summed E-state index contributed by atoms with van der Waals surface area (Å²) in [6.07, 6.45) is 2.28. The number of ketones is 1. The molecule has 2 heterocycles. The van der Waals surface area contributed by atoms with Crippen LogP contribution in [0.4, 0.5) is 4.39 Å². The van der Waals surface area contributed by atoms with Crippen LogP contribution in [-0.2, 0) is 13.5 Å². The number of hydrogen-bond donors (Lipinski definition) is 1. The molecule has 1 aromatic carbocycles. The summed E-state index contributed by atoms with van der Waals surface area (Å²) in [5, 5.41) is 12.4. The first-order valence-corrected chi connectivity index (χ1v) is 7.20. The summed E-state index contributed by atoms with van der Waals surface area (Å²) in [6.45, 7) is 0. The van der Waals surface area contributed by atoms with Crippen LogP contribution in [0.25, 0.3) is 11.0 Å². The monoisotopic (exact) mass is 310 g/mol. The van der Waals surface area contributed by atoms with Crippen molar-refractivity contribution in [1.29, 1.82) is 5.41 Å².